The summed E-state index contributed by atoms with van der Waals surface area (Å²) in [6, 6.07) is 0. The van der Waals surface area contributed by atoms with Gasteiger partial charge in [0, 0.05) is 12.0 Å². The average Bonchev–Trinajstić information content (AvgIpc) is 2.17. The Bertz CT molecular complexity index is 242. The summed E-state index contributed by atoms with van der Waals surface area (Å²) < 4.78 is 0. The first-order valence-corrected chi connectivity index (χ1v) is 5.17. The molecule has 72 valence electrons. The second-order valence-electron chi connectivity index (χ2n) is 4.29. The lowest BCUT2D eigenvalue weighted by atomic mass is 9.69. The molecule has 2 rings (SSSR count). The number of rotatable bonds is 0. The predicted octanol–water partition coefficient (Wildman–Crippen LogP) is 2.60. The third-order valence-electron chi connectivity index (χ3n) is 3.51. The van der Waals surface area contributed by atoms with Gasteiger partial charge in [0.25, 0.3) is 0 Å². The zero-order valence-corrected chi connectivity index (χ0v) is 7.83. The zero-order chi connectivity index (χ0) is 9.26. The maximum atomic E-state index is 11.5. The van der Waals surface area contributed by atoms with E-state index in [0.29, 0.717) is 23.8 Å². The van der Waals surface area contributed by atoms with Gasteiger partial charge in [-0.25, -0.2) is 0 Å². The standard InChI is InChI=1S/C11H16O2/c12-7-10-5-8-3-1-2-4-9(8)6-11(10)13/h7-9,12H,1-6H2/b10-7+/t8-,9-/m1/s1. The van der Waals surface area contributed by atoms with E-state index in [9.17, 15) is 4.79 Å². The number of hydrogen-bond donors (Lipinski definition) is 1. The van der Waals surface area contributed by atoms with Crippen molar-refractivity contribution in [1.82, 2.24) is 0 Å². The summed E-state index contributed by atoms with van der Waals surface area (Å²) in [6.45, 7) is 0. The molecule has 0 amide bonds. The Morgan fingerprint density at radius 3 is 2.38 bits per heavy atom. The molecule has 0 bridgehead atoms. The van der Waals surface area contributed by atoms with Gasteiger partial charge in [-0.2, -0.15) is 0 Å². The van der Waals surface area contributed by atoms with Gasteiger partial charge in [0.1, 0.15) is 0 Å². The smallest absolute Gasteiger partial charge is 0.162 e. The van der Waals surface area contributed by atoms with Gasteiger partial charge in [0.05, 0.1) is 6.26 Å². The van der Waals surface area contributed by atoms with Crippen LogP contribution in [0.15, 0.2) is 11.8 Å². The molecule has 2 nitrogen and oxygen atoms in total. The second kappa shape index (κ2) is 3.52. The fourth-order valence-corrected chi connectivity index (χ4v) is 2.71. The van der Waals surface area contributed by atoms with Crippen LogP contribution in [-0.4, -0.2) is 10.9 Å². The Morgan fingerprint density at radius 1 is 1.15 bits per heavy atom. The van der Waals surface area contributed by atoms with Crippen LogP contribution in [0.5, 0.6) is 0 Å². The van der Waals surface area contributed by atoms with Gasteiger partial charge >= 0.3 is 0 Å². The quantitative estimate of drug-likeness (QED) is 0.459. The number of aliphatic hydroxyl groups excluding tert-OH is 1. The third-order valence-corrected chi connectivity index (χ3v) is 3.51. The Labute approximate surface area is 78.6 Å². The molecule has 13 heavy (non-hydrogen) atoms. The number of aliphatic hydroxyl groups is 1. The van der Waals surface area contributed by atoms with Crippen molar-refractivity contribution < 1.29 is 9.90 Å². The molecule has 0 spiro atoms. The second-order valence-corrected chi connectivity index (χ2v) is 4.29. The van der Waals surface area contributed by atoms with Gasteiger partial charge < -0.3 is 5.11 Å². The van der Waals surface area contributed by atoms with E-state index >= 15 is 0 Å². The summed E-state index contributed by atoms with van der Waals surface area (Å²) in [5.74, 6) is 1.46. The molecule has 0 saturated heterocycles. The zero-order valence-electron chi connectivity index (χ0n) is 7.83. The number of allylic oxidation sites excluding steroid dienone is 1. The Balaban J connectivity index is 2.09. The van der Waals surface area contributed by atoms with Crippen LogP contribution in [0.1, 0.15) is 38.5 Å². The SMILES string of the molecule is O=C1C[C@H]2CCCC[C@@H]2C/C1=C\O. The van der Waals surface area contributed by atoms with Gasteiger partial charge in [-0.05, 0) is 31.1 Å². The molecule has 0 aromatic carbocycles. The van der Waals surface area contributed by atoms with Gasteiger partial charge in [0.2, 0.25) is 0 Å². The van der Waals surface area contributed by atoms with Gasteiger partial charge in [-0.1, -0.05) is 12.8 Å². The van der Waals surface area contributed by atoms with Crippen molar-refractivity contribution in [2.45, 2.75) is 38.5 Å². The molecule has 2 fully saturated rings. The van der Waals surface area contributed by atoms with Crippen molar-refractivity contribution in [3.05, 3.63) is 11.8 Å². The number of hydrogen-bond acceptors (Lipinski definition) is 2. The molecule has 0 unspecified atom stereocenters. The normalized spacial score (nSPS) is 37.5. The van der Waals surface area contributed by atoms with E-state index in [2.05, 4.69) is 0 Å². The fourth-order valence-electron chi connectivity index (χ4n) is 2.71. The maximum absolute atomic E-state index is 11.5. The molecule has 0 aliphatic heterocycles. The molecular formula is C11H16O2. The van der Waals surface area contributed by atoms with Crippen molar-refractivity contribution in [2.75, 3.05) is 0 Å². The molecule has 0 radical (unpaired) electrons. The van der Waals surface area contributed by atoms with Crippen LogP contribution in [0, 0.1) is 11.8 Å². The van der Waals surface area contributed by atoms with Crippen LogP contribution in [0.3, 0.4) is 0 Å². The third kappa shape index (κ3) is 1.62. The van der Waals surface area contributed by atoms with Crippen LogP contribution in [0.4, 0.5) is 0 Å². The lowest BCUT2D eigenvalue weighted by molar-refractivity contribution is -0.119. The summed E-state index contributed by atoms with van der Waals surface area (Å²) in [5.41, 5.74) is 0.656. The minimum absolute atomic E-state index is 0.172. The van der Waals surface area contributed by atoms with E-state index in [4.69, 9.17) is 5.11 Å². The van der Waals surface area contributed by atoms with Crippen LogP contribution in [-0.2, 0) is 4.79 Å². The lowest BCUT2D eigenvalue weighted by Gasteiger charge is -2.35. The maximum Gasteiger partial charge on any atom is 0.162 e. The highest BCUT2D eigenvalue weighted by atomic mass is 16.2. The summed E-state index contributed by atoms with van der Waals surface area (Å²) in [7, 11) is 0. The minimum atomic E-state index is 0.172. The lowest BCUT2D eigenvalue weighted by Crippen LogP contribution is -2.29. The molecule has 2 aliphatic carbocycles. The van der Waals surface area contributed by atoms with Crippen LogP contribution in [0.25, 0.3) is 0 Å². The van der Waals surface area contributed by atoms with E-state index < -0.39 is 0 Å². The van der Waals surface area contributed by atoms with E-state index in [1.54, 1.807) is 0 Å². The molecule has 0 aromatic rings. The first kappa shape index (κ1) is 8.79. The van der Waals surface area contributed by atoms with E-state index in [1.165, 1.54) is 25.7 Å². The average molecular weight is 180 g/mol. The summed E-state index contributed by atoms with van der Waals surface area (Å²) in [6.07, 6.45) is 7.56. The largest absolute Gasteiger partial charge is 0.515 e. The number of Topliss-reactive ketones (excluding diaryl/α,β-unsaturated/α-hetero) is 1. The van der Waals surface area contributed by atoms with E-state index in [0.717, 1.165) is 12.7 Å². The van der Waals surface area contributed by atoms with Gasteiger partial charge in [-0.15, -0.1) is 0 Å². The minimum Gasteiger partial charge on any atom is -0.515 e. The first-order chi connectivity index (χ1) is 6.31. The number of ketones is 1. The first-order valence-electron chi connectivity index (χ1n) is 5.17. The van der Waals surface area contributed by atoms with Crippen LogP contribution in [0.2, 0.25) is 0 Å². The topological polar surface area (TPSA) is 37.3 Å². The highest BCUT2D eigenvalue weighted by molar-refractivity contribution is 5.96. The van der Waals surface area contributed by atoms with Gasteiger partial charge in [0.15, 0.2) is 5.78 Å². The fraction of sp³-hybridized carbons (Fsp3) is 0.727. The molecule has 1 N–H and O–H groups in total. The van der Waals surface area contributed by atoms with E-state index in [1.807, 2.05) is 0 Å². The van der Waals surface area contributed by atoms with Crippen molar-refractivity contribution in [1.29, 1.82) is 0 Å². The summed E-state index contributed by atoms with van der Waals surface area (Å²) in [4.78, 5) is 11.5. The van der Waals surface area contributed by atoms with E-state index in [-0.39, 0.29) is 5.78 Å². The van der Waals surface area contributed by atoms with Crippen molar-refractivity contribution in [2.24, 2.45) is 11.8 Å². The molecule has 2 aliphatic rings. The van der Waals surface area contributed by atoms with Crippen LogP contribution < -0.4 is 0 Å². The number of carbonyl (C=O) groups excluding carboxylic acids is 1. The molecule has 0 aromatic heterocycles. The Kier molecular flexibility index (Phi) is 2.38. The van der Waals surface area contributed by atoms with Crippen molar-refractivity contribution in [3.8, 4) is 0 Å². The predicted molar refractivity (Wildman–Crippen MR) is 50.4 cm³/mol. The Morgan fingerprint density at radius 2 is 1.77 bits per heavy atom. The highest BCUT2D eigenvalue weighted by Crippen LogP contribution is 2.40. The summed E-state index contributed by atoms with van der Waals surface area (Å²) in [5, 5.41) is 8.87. The van der Waals surface area contributed by atoms with Crippen LogP contribution >= 0.6 is 0 Å². The molecule has 2 atom stereocenters. The number of fused-ring (bicyclic) bond motifs is 1. The van der Waals surface area contributed by atoms with Crippen molar-refractivity contribution in [3.63, 3.8) is 0 Å². The Hall–Kier alpha value is -0.790. The summed E-state index contributed by atoms with van der Waals surface area (Å²) >= 11 is 0. The van der Waals surface area contributed by atoms with Gasteiger partial charge in [-0.3, -0.25) is 4.79 Å². The number of carbonyl (C=O) groups is 1. The highest BCUT2D eigenvalue weighted by Gasteiger charge is 2.33. The molecular weight excluding hydrogens is 164 g/mol. The molecule has 2 saturated carbocycles. The molecule has 2 heteroatoms. The molecule has 0 heterocycles. The van der Waals surface area contributed by atoms with Crippen molar-refractivity contribution >= 4 is 5.78 Å². The monoisotopic (exact) mass is 180 g/mol.